The molecule has 2 rings (SSSR count). The standard InChI is InChI=1S/C17H16Cl2O2/c1-20-17(21-2,14-11-7-4-8-12-14)16(19)15(18)13-9-5-3-6-10-13/h3-12H,1-2H3/b16-15+. The Hall–Kier alpha value is -1.32. The van der Waals surface area contributed by atoms with Crippen LogP contribution in [0.25, 0.3) is 5.03 Å². The fourth-order valence-corrected chi connectivity index (χ4v) is 2.76. The third-order valence-electron chi connectivity index (χ3n) is 3.24. The van der Waals surface area contributed by atoms with Gasteiger partial charge >= 0.3 is 0 Å². The molecule has 2 nitrogen and oxygen atoms in total. The molecule has 0 N–H and O–H groups in total. The molecule has 0 aliphatic heterocycles. The minimum absolute atomic E-state index is 0.284. The summed E-state index contributed by atoms with van der Waals surface area (Å²) in [6.45, 7) is 0. The van der Waals surface area contributed by atoms with Gasteiger partial charge in [0.15, 0.2) is 0 Å². The van der Waals surface area contributed by atoms with Crippen molar-refractivity contribution in [1.29, 1.82) is 0 Å². The Morgan fingerprint density at radius 3 is 1.76 bits per heavy atom. The SMILES string of the molecule is COC(OC)(/C(Cl)=C(\Cl)c1ccccc1)c1ccccc1. The lowest BCUT2D eigenvalue weighted by molar-refractivity contribution is -0.181. The smallest absolute Gasteiger partial charge is 0.234 e. The zero-order valence-electron chi connectivity index (χ0n) is 11.8. The fraction of sp³-hybridized carbons (Fsp3) is 0.176. The predicted octanol–water partition coefficient (Wildman–Crippen LogP) is 4.98. The highest BCUT2D eigenvalue weighted by Crippen LogP contribution is 2.41. The molecular formula is C17H16Cl2O2. The molecule has 0 heterocycles. The maximum Gasteiger partial charge on any atom is 0.234 e. The molecular weight excluding hydrogens is 307 g/mol. The molecule has 0 aliphatic rings. The Morgan fingerprint density at radius 2 is 1.29 bits per heavy atom. The van der Waals surface area contributed by atoms with Crippen molar-refractivity contribution in [3.8, 4) is 0 Å². The minimum Gasteiger partial charge on any atom is -0.345 e. The van der Waals surface area contributed by atoms with E-state index in [4.69, 9.17) is 32.7 Å². The average molecular weight is 323 g/mol. The van der Waals surface area contributed by atoms with Crippen LogP contribution in [-0.4, -0.2) is 14.2 Å². The first kappa shape index (κ1) is 16.1. The normalized spacial score (nSPS) is 13.0. The summed E-state index contributed by atoms with van der Waals surface area (Å²) in [5, 5.41) is 0.677. The topological polar surface area (TPSA) is 18.5 Å². The second-order valence-electron chi connectivity index (χ2n) is 4.38. The van der Waals surface area contributed by atoms with Crippen LogP contribution in [-0.2, 0) is 15.3 Å². The molecule has 0 aromatic heterocycles. The van der Waals surface area contributed by atoms with Gasteiger partial charge < -0.3 is 9.47 Å². The van der Waals surface area contributed by atoms with Crippen molar-refractivity contribution in [2.75, 3.05) is 14.2 Å². The molecule has 0 amide bonds. The highest BCUT2D eigenvalue weighted by molar-refractivity contribution is 6.54. The van der Waals surface area contributed by atoms with E-state index in [1.807, 2.05) is 60.7 Å². The van der Waals surface area contributed by atoms with Crippen LogP contribution >= 0.6 is 23.2 Å². The Kier molecular flexibility index (Phi) is 5.43. The van der Waals surface area contributed by atoms with Crippen molar-refractivity contribution in [3.05, 3.63) is 76.8 Å². The van der Waals surface area contributed by atoms with Crippen molar-refractivity contribution >= 4 is 28.2 Å². The molecule has 0 radical (unpaired) electrons. The van der Waals surface area contributed by atoms with E-state index in [9.17, 15) is 0 Å². The lowest BCUT2D eigenvalue weighted by Crippen LogP contribution is -2.31. The summed E-state index contributed by atoms with van der Waals surface area (Å²) in [4.78, 5) is 0. The molecule has 2 aromatic rings. The molecule has 0 spiro atoms. The van der Waals surface area contributed by atoms with Crippen molar-refractivity contribution in [1.82, 2.24) is 0 Å². The monoisotopic (exact) mass is 322 g/mol. The molecule has 0 aliphatic carbocycles. The van der Waals surface area contributed by atoms with E-state index in [0.717, 1.165) is 11.1 Å². The van der Waals surface area contributed by atoms with E-state index in [1.165, 1.54) is 14.2 Å². The van der Waals surface area contributed by atoms with E-state index in [2.05, 4.69) is 0 Å². The fourth-order valence-electron chi connectivity index (χ4n) is 2.14. The quantitative estimate of drug-likeness (QED) is 0.723. The summed E-state index contributed by atoms with van der Waals surface area (Å²) in [7, 11) is 3.07. The second kappa shape index (κ2) is 7.10. The first-order chi connectivity index (χ1) is 10.2. The summed E-state index contributed by atoms with van der Waals surface area (Å²) in [6.07, 6.45) is 0. The minimum atomic E-state index is -1.23. The lowest BCUT2D eigenvalue weighted by atomic mass is 10.0. The Bertz CT molecular complexity index is 605. The summed E-state index contributed by atoms with van der Waals surface area (Å²) >= 11 is 13.0. The Balaban J connectivity index is 2.57. The van der Waals surface area contributed by atoms with Gasteiger partial charge in [0.2, 0.25) is 5.79 Å². The summed E-state index contributed by atoms with van der Waals surface area (Å²) in [5.74, 6) is -1.23. The molecule has 0 saturated heterocycles. The van der Waals surface area contributed by atoms with Crippen LogP contribution in [0.1, 0.15) is 11.1 Å². The molecule has 0 unspecified atom stereocenters. The summed E-state index contributed by atoms with van der Waals surface area (Å²) in [6, 6.07) is 18.9. The molecule has 0 bridgehead atoms. The van der Waals surface area contributed by atoms with Crippen LogP contribution in [0.3, 0.4) is 0 Å². The molecule has 4 heteroatoms. The van der Waals surface area contributed by atoms with Gasteiger partial charge in [-0.3, -0.25) is 0 Å². The molecule has 0 saturated carbocycles. The van der Waals surface area contributed by atoms with Crippen molar-refractivity contribution < 1.29 is 9.47 Å². The highest BCUT2D eigenvalue weighted by Gasteiger charge is 2.38. The maximum atomic E-state index is 6.52. The number of hydrogen-bond acceptors (Lipinski definition) is 2. The largest absolute Gasteiger partial charge is 0.345 e. The summed E-state index contributed by atoms with van der Waals surface area (Å²) < 4.78 is 11.2. The number of halogens is 2. The molecule has 2 aromatic carbocycles. The van der Waals surface area contributed by atoms with Crippen molar-refractivity contribution in [2.45, 2.75) is 5.79 Å². The highest BCUT2D eigenvalue weighted by atomic mass is 35.5. The van der Waals surface area contributed by atoms with Crippen LogP contribution in [0, 0.1) is 0 Å². The predicted molar refractivity (Wildman–Crippen MR) is 87.2 cm³/mol. The van der Waals surface area contributed by atoms with Crippen molar-refractivity contribution in [2.24, 2.45) is 0 Å². The number of methoxy groups -OCH3 is 2. The maximum absolute atomic E-state index is 6.52. The number of benzene rings is 2. The lowest BCUT2D eigenvalue weighted by Gasteiger charge is -2.31. The Labute approximate surface area is 134 Å². The third kappa shape index (κ3) is 3.14. The van der Waals surface area contributed by atoms with Gasteiger partial charge in [0, 0.05) is 19.8 Å². The first-order valence-electron chi connectivity index (χ1n) is 6.42. The second-order valence-corrected chi connectivity index (χ2v) is 5.14. The van der Waals surface area contributed by atoms with Gasteiger partial charge in [0.05, 0.1) is 5.03 Å². The number of rotatable bonds is 5. The van der Waals surface area contributed by atoms with Crippen LogP contribution in [0.15, 0.2) is 65.7 Å². The van der Waals surface area contributed by atoms with E-state index in [1.54, 1.807) is 0 Å². The number of ether oxygens (including phenoxy) is 2. The first-order valence-corrected chi connectivity index (χ1v) is 7.18. The molecule has 110 valence electrons. The van der Waals surface area contributed by atoms with Gasteiger partial charge in [-0.15, -0.1) is 0 Å². The third-order valence-corrected chi connectivity index (χ3v) is 4.18. The van der Waals surface area contributed by atoms with Gasteiger partial charge in [-0.05, 0) is 5.56 Å². The number of hydrogen-bond donors (Lipinski definition) is 0. The van der Waals surface area contributed by atoms with Crippen LogP contribution < -0.4 is 0 Å². The zero-order valence-corrected chi connectivity index (χ0v) is 13.4. The van der Waals surface area contributed by atoms with Crippen molar-refractivity contribution in [3.63, 3.8) is 0 Å². The summed E-state index contributed by atoms with van der Waals surface area (Å²) in [5.41, 5.74) is 1.58. The van der Waals surface area contributed by atoms with Crippen LogP contribution in [0.2, 0.25) is 0 Å². The van der Waals surface area contributed by atoms with Gasteiger partial charge in [0.1, 0.15) is 5.03 Å². The van der Waals surface area contributed by atoms with E-state index < -0.39 is 5.79 Å². The molecule has 0 fully saturated rings. The van der Waals surface area contributed by atoms with Gasteiger partial charge in [-0.1, -0.05) is 83.9 Å². The Morgan fingerprint density at radius 1 is 0.810 bits per heavy atom. The van der Waals surface area contributed by atoms with E-state index >= 15 is 0 Å². The van der Waals surface area contributed by atoms with Gasteiger partial charge in [0.25, 0.3) is 0 Å². The van der Waals surface area contributed by atoms with Gasteiger partial charge in [-0.25, -0.2) is 0 Å². The van der Waals surface area contributed by atoms with E-state index in [0.29, 0.717) is 5.03 Å². The van der Waals surface area contributed by atoms with Crippen LogP contribution in [0.5, 0.6) is 0 Å². The molecule has 0 atom stereocenters. The van der Waals surface area contributed by atoms with Crippen LogP contribution in [0.4, 0.5) is 0 Å². The molecule has 21 heavy (non-hydrogen) atoms. The average Bonchev–Trinajstić information content (AvgIpc) is 2.57. The zero-order chi connectivity index (χ0) is 15.3. The van der Waals surface area contributed by atoms with E-state index in [-0.39, 0.29) is 5.03 Å². The van der Waals surface area contributed by atoms with Gasteiger partial charge in [-0.2, -0.15) is 0 Å².